The summed E-state index contributed by atoms with van der Waals surface area (Å²) in [7, 11) is -4.08. The normalized spacial score (nSPS) is 13.2. The highest BCUT2D eigenvalue weighted by Gasteiger charge is 2.32. The lowest BCUT2D eigenvalue weighted by Crippen LogP contribution is -2.32. The Bertz CT molecular complexity index is 795. The van der Waals surface area contributed by atoms with Crippen molar-refractivity contribution in [3.05, 3.63) is 23.8 Å². The van der Waals surface area contributed by atoms with Crippen molar-refractivity contribution in [2.75, 3.05) is 13.2 Å². The van der Waals surface area contributed by atoms with Gasteiger partial charge in [-0.3, -0.25) is 5.21 Å². The Balaban J connectivity index is 3.18. The summed E-state index contributed by atoms with van der Waals surface area (Å²) >= 11 is 0. The second kappa shape index (κ2) is 12.4. The lowest BCUT2D eigenvalue weighted by atomic mass is 9.72. The van der Waals surface area contributed by atoms with Crippen LogP contribution in [0.1, 0.15) is 106 Å². The van der Waals surface area contributed by atoms with E-state index in [1.165, 1.54) is 25.7 Å². The molecule has 0 amide bonds. The first-order valence-electron chi connectivity index (χ1n) is 12.2. The molecule has 0 aliphatic rings. The van der Waals surface area contributed by atoms with Crippen LogP contribution >= 0.6 is 0 Å². The molecule has 0 saturated carbocycles. The van der Waals surface area contributed by atoms with E-state index >= 15 is 0 Å². The van der Waals surface area contributed by atoms with Gasteiger partial charge in [0.15, 0.2) is 0 Å². The van der Waals surface area contributed by atoms with Gasteiger partial charge in [0, 0.05) is 6.54 Å². The van der Waals surface area contributed by atoms with Crippen molar-refractivity contribution in [2.45, 2.75) is 111 Å². The van der Waals surface area contributed by atoms with Gasteiger partial charge in [-0.15, -0.1) is 0 Å². The van der Waals surface area contributed by atoms with Crippen LogP contribution in [-0.4, -0.2) is 31.2 Å². The SMILES string of the molecule is CCCCCCCCOc1ccc(C(C)(C)CC(C)(C)C)cc1S(=O)(=O)N(O)CC(C)C. The molecule has 5 nitrogen and oxygen atoms in total. The molecule has 1 rings (SSSR count). The minimum Gasteiger partial charge on any atom is -0.492 e. The van der Waals surface area contributed by atoms with Crippen LogP contribution < -0.4 is 4.74 Å². The quantitative estimate of drug-likeness (QED) is 0.231. The number of ether oxygens (including phenoxy) is 1. The van der Waals surface area contributed by atoms with Crippen molar-refractivity contribution in [2.24, 2.45) is 11.3 Å². The fraction of sp³-hybridized carbons (Fsp3) is 0.769. The van der Waals surface area contributed by atoms with E-state index in [0.717, 1.165) is 24.8 Å². The van der Waals surface area contributed by atoms with Crippen molar-refractivity contribution >= 4 is 10.0 Å². The number of hydroxylamine groups is 1. The van der Waals surface area contributed by atoms with Crippen molar-refractivity contribution < 1.29 is 18.4 Å². The Morgan fingerprint density at radius 3 is 2.16 bits per heavy atom. The van der Waals surface area contributed by atoms with E-state index in [1.807, 2.05) is 19.9 Å². The van der Waals surface area contributed by atoms with Crippen LogP contribution in [0.4, 0.5) is 0 Å². The Hall–Kier alpha value is -1.11. The van der Waals surface area contributed by atoms with E-state index in [2.05, 4.69) is 41.5 Å². The third kappa shape index (κ3) is 9.40. The first kappa shape index (κ1) is 28.9. The molecule has 0 saturated heterocycles. The molecule has 6 heteroatoms. The molecular weight excluding hydrogens is 422 g/mol. The van der Waals surface area contributed by atoms with Gasteiger partial charge in [-0.2, -0.15) is 0 Å². The zero-order valence-corrected chi connectivity index (χ0v) is 22.5. The maximum Gasteiger partial charge on any atom is 0.268 e. The molecule has 1 aromatic rings. The van der Waals surface area contributed by atoms with Crippen LogP contribution in [0.2, 0.25) is 0 Å². The zero-order valence-electron chi connectivity index (χ0n) is 21.7. The summed E-state index contributed by atoms with van der Waals surface area (Å²) in [4.78, 5) is 0.0473. The number of hydrogen-bond donors (Lipinski definition) is 1. The van der Waals surface area contributed by atoms with Gasteiger partial charge in [0.2, 0.25) is 0 Å². The number of rotatable bonds is 14. The van der Waals surface area contributed by atoms with Crippen LogP contribution in [-0.2, 0) is 15.4 Å². The van der Waals surface area contributed by atoms with Crippen LogP contribution in [0.15, 0.2) is 23.1 Å². The molecule has 0 aliphatic carbocycles. The number of sulfonamides is 1. The van der Waals surface area contributed by atoms with Crippen molar-refractivity contribution in [1.82, 2.24) is 4.47 Å². The van der Waals surface area contributed by atoms with E-state index < -0.39 is 10.0 Å². The lowest BCUT2D eigenvalue weighted by Gasteiger charge is -2.33. The van der Waals surface area contributed by atoms with Gasteiger partial charge in [-0.25, -0.2) is 8.42 Å². The van der Waals surface area contributed by atoms with E-state index in [9.17, 15) is 13.6 Å². The topological polar surface area (TPSA) is 66.8 Å². The predicted molar refractivity (Wildman–Crippen MR) is 133 cm³/mol. The maximum absolute atomic E-state index is 13.3. The molecule has 0 unspecified atom stereocenters. The standard InChI is InChI=1S/C26H47NO4S/c1-9-10-11-12-13-14-17-31-23-16-15-22(26(7,8)20-25(4,5)6)18-24(23)32(29,30)27(28)19-21(2)3/h15-16,18,21,28H,9-14,17,19-20H2,1-8H3. The molecule has 1 N–H and O–H groups in total. The van der Waals surface area contributed by atoms with Crippen molar-refractivity contribution in [1.29, 1.82) is 0 Å². The van der Waals surface area contributed by atoms with Gasteiger partial charge in [-0.1, -0.05) is 98.0 Å². The van der Waals surface area contributed by atoms with Crippen LogP contribution in [0, 0.1) is 11.3 Å². The van der Waals surface area contributed by atoms with Gasteiger partial charge in [0.1, 0.15) is 10.6 Å². The molecule has 0 fully saturated rings. The second-order valence-corrected chi connectivity index (χ2v) is 13.1. The van der Waals surface area contributed by atoms with Crippen molar-refractivity contribution in [3.63, 3.8) is 0 Å². The molecule has 0 heterocycles. The molecule has 0 spiro atoms. The summed E-state index contributed by atoms with van der Waals surface area (Å²) in [6, 6.07) is 5.42. The summed E-state index contributed by atoms with van der Waals surface area (Å²) in [5.41, 5.74) is 0.797. The Labute approximate surface area is 197 Å². The predicted octanol–water partition coefficient (Wildman–Crippen LogP) is 7.18. The fourth-order valence-electron chi connectivity index (χ4n) is 4.27. The molecule has 32 heavy (non-hydrogen) atoms. The molecular formula is C26H47NO4S. The molecule has 186 valence electrons. The monoisotopic (exact) mass is 469 g/mol. The fourth-order valence-corrected chi connectivity index (χ4v) is 5.64. The van der Waals surface area contributed by atoms with Gasteiger partial charge < -0.3 is 4.74 Å². The van der Waals surface area contributed by atoms with E-state index in [-0.39, 0.29) is 28.2 Å². The zero-order chi connectivity index (χ0) is 24.6. The molecule has 0 atom stereocenters. The lowest BCUT2D eigenvalue weighted by molar-refractivity contribution is -0.00642. The van der Waals surface area contributed by atoms with Crippen LogP contribution in [0.5, 0.6) is 5.75 Å². The van der Waals surface area contributed by atoms with Gasteiger partial charge >= 0.3 is 0 Å². The van der Waals surface area contributed by atoms with Crippen LogP contribution in [0.3, 0.4) is 0 Å². The van der Waals surface area contributed by atoms with E-state index in [4.69, 9.17) is 4.74 Å². The van der Waals surface area contributed by atoms with Gasteiger partial charge in [0.25, 0.3) is 10.0 Å². The Morgan fingerprint density at radius 1 is 1.00 bits per heavy atom. The number of benzene rings is 1. The second-order valence-electron chi connectivity index (χ2n) is 11.3. The summed E-state index contributed by atoms with van der Waals surface area (Å²) in [6.45, 7) is 17.3. The molecule has 1 aromatic carbocycles. The molecule has 0 aromatic heterocycles. The third-order valence-electron chi connectivity index (χ3n) is 5.53. The Morgan fingerprint density at radius 2 is 1.59 bits per heavy atom. The number of unbranched alkanes of at least 4 members (excludes halogenated alkanes) is 5. The highest BCUT2D eigenvalue weighted by Crippen LogP contribution is 2.39. The molecule has 0 radical (unpaired) electrons. The smallest absolute Gasteiger partial charge is 0.268 e. The highest BCUT2D eigenvalue weighted by molar-refractivity contribution is 7.89. The largest absolute Gasteiger partial charge is 0.492 e. The minimum absolute atomic E-state index is 0.00257. The summed E-state index contributed by atoms with van der Waals surface area (Å²) in [6.07, 6.45) is 7.70. The van der Waals surface area contributed by atoms with Gasteiger partial charge in [0.05, 0.1) is 6.61 Å². The minimum atomic E-state index is -4.08. The summed E-state index contributed by atoms with van der Waals surface area (Å²) in [5.74, 6) is 0.319. The summed E-state index contributed by atoms with van der Waals surface area (Å²) < 4.78 is 32.9. The average Bonchev–Trinajstić information content (AvgIpc) is 2.64. The van der Waals surface area contributed by atoms with Crippen LogP contribution in [0.25, 0.3) is 0 Å². The Kier molecular flexibility index (Phi) is 11.2. The highest BCUT2D eigenvalue weighted by atomic mass is 32.2. The first-order valence-corrected chi connectivity index (χ1v) is 13.6. The average molecular weight is 470 g/mol. The van der Waals surface area contributed by atoms with Crippen molar-refractivity contribution in [3.8, 4) is 5.75 Å². The van der Waals surface area contributed by atoms with E-state index in [0.29, 0.717) is 16.8 Å². The van der Waals surface area contributed by atoms with E-state index in [1.54, 1.807) is 12.1 Å². The number of nitrogens with zero attached hydrogens (tertiary/aromatic N) is 1. The first-order chi connectivity index (χ1) is 14.7. The number of hydrogen-bond acceptors (Lipinski definition) is 4. The molecule has 0 aliphatic heterocycles. The third-order valence-corrected chi connectivity index (χ3v) is 7.11. The maximum atomic E-state index is 13.3. The van der Waals surface area contributed by atoms with Gasteiger partial charge in [-0.05, 0) is 47.3 Å². The molecule has 0 bridgehead atoms. The summed E-state index contributed by atoms with van der Waals surface area (Å²) in [5, 5.41) is 10.4.